The number of hydrazone groups is 1. The first-order chi connectivity index (χ1) is 8.97. The fourth-order valence-electron chi connectivity index (χ4n) is 1.61. The largest absolute Gasteiger partial charge is 0.477 e. The van der Waals surface area contributed by atoms with Crippen molar-refractivity contribution in [3.05, 3.63) is 34.4 Å². The number of pyridine rings is 1. The second-order valence-corrected chi connectivity index (χ2v) is 5.00. The van der Waals surface area contributed by atoms with Crippen molar-refractivity contribution >= 4 is 44.2 Å². The number of aromatic nitrogens is 1. The van der Waals surface area contributed by atoms with Gasteiger partial charge in [-0.05, 0) is 38.1 Å². The van der Waals surface area contributed by atoms with Gasteiger partial charge in [0.05, 0.1) is 11.2 Å². The second-order valence-electron chi connectivity index (χ2n) is 4.09. The third-order valence-electron chi connectivity index (χ3n) is 2.55. The molecule has 6 heteroatoms. The number of aryl methyl sites for hydroxylation is 1. The van der Waals surface area contributed by atoms with Gasteiger partial charge in [-0.3, -0.25) is 10.4 Å². The average Bonchev–Trinajstić information content (AvgIpc) is 2.36. The van der Waals surface area contributed by atoms with Crippen LogP contribution in [0.25, 0.3) is 10.9 Å². The monoisotopic (exact) mass is 321 g/mol. The Balaban J connectivity index is 2.50. The normalized spacial score (nSPS) is 11.6. The van der Waals surface area contributed by atoms with Gasteiger partial charge in [-0.1, -0.05) is 15.9 Å². The SMILES string of the molecule is CC(=NNc1cc(C)nc2ccc(Br)cc12)C(=O)O. The van der Waals surface area contributed by atoms with Crippen LogP contribution in [-0.4, -0.2) is 21.8 Å². The molecule has 0 atom stereocenters. The van der Waals surface area contributed by atoms with E-state index in [-0.39, 0.29) is 5.71 Å². The third-order valence-corrected chi connectivity index (χ3v) is 3.05. The van der Waals surface area contributed by atoms with Gasteiger partial charge in [-0.25, -0.2) is 4.79 Å². The maximum Gasteiger partial charge on any atom is 0.351 e. The van der Waals surface area contributed by atoms with Crippen LogP contribution in [0.5, 0.6) is 0 Å². The number of hydrogen-bond donors (Lipinski definition) is 2. The van der Waals surface area contributed by atoms with E-state index in [2.05, 4.69) is 31.4 Å². The highest BCUT2D eigenvalue weighted by Gasteiger charge is 2.06. The number of benzene rings is 1. The van der Waals surface area contributed by atoms with E-state index >= 15 is 0 Å². The van der Waals surface area contributed by atoms with Gasteiger partial charge in [0.25, 0.3) is 0 Å². The lowest BCUT2D eigenvalue weighted by molar-refractivity contribution is -0.129. The Hall–Kier alpha value is -1.95. The van der Waals surface area contributed by atoms with Gasteiger partial charge in [0.1, 0.15) is 5.71 Å². The Morgan fingerprint density at radius 3 is 2.84 bits per heavy atom. The van der Waals surface area contributed by atoms with Gasteiger partial charge >= 0.3 is 5.97 Å². The number of anilines is 1. The molecule has 5 nitrogen and oxygen atoms in total. The van der Waals surface area contributed by atoms with E-state index in [0.717, 1.165) is 26.8 Å². The van der Waals surface area contributed by atoms with Crippen molar-refractivity contribution in [2.45, 2.75) is 13.8 Å². The smallest absolute Gasteiger partial charge is 0.351 e. The number of carboxylic acids is 1. The number of nitrogens with zero attached hydrogens (tertiary/aromatic N) is 2. The number of nitrogens with one attached hydrogen (secondary N) is 1. The number of carbonyl (C=O) groups is 1. The lowest BCUT2D eigenvalue weighted by Gasteiger charge is -2.08. The summed E-state index contributed by atoms with van der Waals surface area (Å²) in [5, 5.41) is 13.5. The second kappa shape index (κ2) is 5.36. The summed E-state index contributed by atoms with van der Waals surface area (Å²) in [7, 11) is 0. The molecule has 0 saturated carbocycles. The number of carboxylic acid groups (broad SMARTS) is 1. The van der Waals surface area contributed by atoms with Crippen molar-refractivity contribution in [3.8, 4) is 0 Å². The Bertz CT molecular complexity index is 683. The molecule has 0 aliphatic rings. The summed E-state index contributed by atoms with van der Waals surface area (Å²) in [5.41, 5.74) is 5.17. The molecule has 0 bridgehead atoms. The summed E-state index contributed by atoms with van der Waals surface area (Å²) in [6.45, 7) is 3.31. The molecule has 1 aromatic carbocycles. The molecule has 0 radical (unpaired) electrons. The lowest BCUT2D eigenvalue weighted by Crippen LogP contribution is -2.10. The summed E-state index contributed by atoms with van der Waals surface area (Å²) < 4.78 is 0.924. The highest BCUT2D eigenvalue weighted by Crippen LogP contribution is 2.26. The van der Waals surface area contributed by atoms with Crippen LogP contribution >= 0.6 is 15.9 Å². The Morgan fingerprint density at radius 1 is 1.42 bits per heavy atom. The van der Waals surface area contributed by atoms with Crippen molar-refractivity contribution in [1.82, 2.24) is 4.98 Å². The first kappa shape index (κ1) is 13.5. The first-order valence-corrected chi connectivity index (χ1v) is 6.37. The molecule has 0 spiro atoms. The van der Waals surface area contributed by atoms with Gasteiger partial charge in [0.2, 0.25) is 0 Å². The highest BCUT2D eigenvalue weighted by atomic mass is 79.9. The predicted molar refractivity (Wildman–Crippen MR) is 78.5 cm³/mol. The molecule has 0 amide bonds. The van der Waals surface area contributed by atoms with E-state index in [1.165, 1.54) is 6.92 Å². The number of halogens is 1. The maximum atomic E-state index is 10.7. The summed E-state index contributed by atoms with van der Waals surface area (Å²) in [6, 6.07) is 7.54. The van der Waals surface area contributed by atoms with Crippen LogP contribution in [-0.2, 0) is 4.79 Å². The molecule has 0 fully saturated rings. The van der Waals surface area contributed by atoms with E-state index in [0.29, 0.717) is 0 Å². The molecule has 2 rings (SSSR count). The topological polar surface area (TPSA) is 74.6 Å². The van der Waals surface area contributed by atoms with Crippen LogP contribution in [0.2, 0.25) is 0 Å². The van der Waals surface area contributed by atoms with Crippen molar-refractivity contribution in [2.75, 3.05) is 5.43 Å². The molecule has 0 aliphatic carbocycles. The minimum atomic E-state index is -1.05. The first-order valence-electron chi connectivity index (χ1n) is 5.58. The van der Waals surface area contributed by atoms with Crippen LogP contribution < -0.4 is 5.43 Å². The van der Waals surface area contributed by atoms with Gasteiger partial charge in [-0.2, -0.15) is 5.10 Å². The zero-order chi connectivity index (χ0) is 14.0. The van der Waals surface area contributed by atoms with Gasteiger partial charge < -0.3 is 5.11 Å². The van der Waals surface area contributed by atoms with Crippen molar-refractivity contribution < 1.29 is 9.90 Å². The average molecular weight is 322 g/mol. The van der Waals surface area contributed by atoms with E-state index in [1.54, 1.807) is 0 Å². The molecule has 1 heterocycles. The fraction of sp³-hybridized carbons (Fsp3) is 0.154. The summed E-state index contributed by atoms with van der Waals surface area (Å²) in [4.78, 5) is 15.1. The van der Waals surface area contributed by atoms with Crippen molar-refractivity contribution in [2.24, 2.45) is 5.10 Å². The zero-order valence-corrected chi connectivity index (χ0v) is 12.0. The summed E-state index contributed by atoms with van der Waals surface area (Å²) in [5.74, 6) is -1.05. The van der Waals surface area contributed by atoms with Gasteiger partial charge in [0.15, 0.2) is 0 Å². The quantitative estimate of drug-likeness (QED) is 0.672. The lowest BCUT2D eigenvalue weighted by atomic mass is 10.1. The standard InChI is InChI=1S/C13H12BrN3O2/c1-7-5-12(17-16-8(2)13(18)19)10-6-9(14)3-4-11(10)15-7/h3-6H,1-2H3,(H,15,17)(H,18,19). The summed E-state index contributed by atoms with van der Waals surface area (Å²) >= 11 is 3.40. The zero-order valence-electron chi connectivity index (χ0n) is 10.4. The van der Waals surface area contributed by atoms with E-state index in [9.17, 15) is 4.79 Å². The fourth-order valence-corrected chi connectivity index (χ4v) is 1.98. The molecule has 0 aliphatic heterocycles. The predicted octanol–water partition coefficient (Wildman–Crippen LogP) is 3.18. The number of aliphatic carboxylic acids is 1. The molecule has 19 heavy (non-hydrogen) atoms. The van der Waals surface area contributed by atoms with Crippen molar-refractivity contribution in [3.63, 3.8) is 0 Å². The maximum absolute atomic E-state index is 10.7. The van der Waals surface area contributed by atoms with Crippen molar-refractivity contribution in [1.29, 1.82) is 0 Å². The van der Waals surface area contributed by atoms with Crippen LogP contribution in [0.15, 0.2) is 33.8 Å². The Kier molecular flexibility index (Phi) is 3.80. The Morgan fingerprint density at radius 2 is 2.16 bits per heavy atom. The van der Waals surface area contributed by atoms with E-state index in [4.69, 9.17) is 5.11 Å². The molecule has 0 saturated heterocycles. The number of hydrogen-bond acceptors (Lipinski definition) is 4. The molecule has 2 aromatic rings. The summed E-state index contributed by atoms with van der Waals surface area (Å²) in [6.07, 6.45) is 0. The molecule has 2 N–H and O–H groups in total. The highest BCUT2D eigenvalue weighted by molar-refractivity contribution is 9.10. The van der Waals surface area contributed by atoms with Crippen LogP contribution in [0.3, 0.4) is 0 Å². The third kappa shape index (κ3) is 3.08. The van der Waals surface area contributed by atoms with Crippen LogP contribution in [0, 0.1) is 6.92 Å². The van der Waals surface area contributed by atoms with E-state index in [1.807, 2.05) is 31.2 Å². The minimum absolute atomic E-state index is 0.00221. The molecule has 1 aromatic heterocycles. The van der Waals surface area contributed by atoms with Gasteiger partial charge in [-0.15, -0.1) is 0 Å². The van der Waals surface area contributed by atoms with Crippen LogP contribution in [0.1, 0.15) is 12.6 Å². The molecule has 0 unspecified atom stereocenters. The number of fused-ring (bicyclic) bond motifs is 1. The number of rotatable bonds is 3. The Labute approximate surface area is 118 Å². The van der Waals surface area contributed by atoms with E-state index < -0.39 is 5.97 Å². The molecule has 98 valence electrons. The minimum Gasteiger partial charge on any atom is -0.477 e. The molecular formula is C13H12BrN3O2. The van der Waals surface area contributed by atoms with Crippen LogP contribution in [0.4, 0.5) is 5.69 Å². The van der Waals surface area contributed by atoms with Gasteiger partial charge in [0, 0.05) is 15.6 Å². The molecular weight excluding hydrogens is 310 g/mol.